The van der Waals surface area contributed by atoms with E-state index in [1.165, 1.54) is 0 Å². The lowest BCUT2D eigenvalue weighted by molar-refractivity contribution is 0.305. The maximum Gasteiger partial charge on any atom is 0.188 e. The summed E-state index contributed by atoms with van der Waals surface area (Å²) in [7, 11) is 5.72. The number of halogens is 1. The predicted molar refractivity (Wildman–Crippen MR) is 104 cm³/mol. The molecule has 0 bridgehead atoms. The van der Waals surface area contributed by atoms with Crippen molar-refractivity contribution in [2.24, 2.45) is 10.7 Å². The van der Waals surface area contributed by atoms with Crippen molar-refractivity contribution in [3.63, 3.8) is 0 Å². The zero-order chi connectivity index (χ0) is 15.8. The molecule has 1 aromatic carbocycles. The van der Waals surface area contributed by atoms with Gasteiger partial charge in [-0.05, 0) is 38.7 Å². The van der Waals surface area contributed by atoms with Gasteiger partial charge in [-0.3, -0.25) is 4.99 Å². The Kier molecular flexibility index (Phi) is 9.84. The van der Waals surface area contributed by atoms with E-state index in [1.54, 1.807) is 7.11 Å². The van der Waals surface area contributed by atoms with Gasteiger partial charge in [0.05, 0.1) is 19.7 Å². The van der Waals surface area contributed by atoms with E-state index in [9.17, 15) is 0 Å². The van der Waals surface area contributed by atoms with Crippen molar-refractivity contribution in [1.29, 1.82) is 0 Å². The molecule has 0 amide bonds. The standard InChI is InChI=1S/C16H26N4O.HI/c1-12(2)10-18-16(17)19-11-15(20(3)4)13-7-6-8-14(9-13)21-5;/h6-9,15H,1,10-11H2,2-5H3,(H3,17,18,19);1H. The molecule has 0 aliphatic carbocycles. The van der Waals surface area contributed by atoms with Gasteiger partial charge in [-0.25, -0.2) is 0 Å². The summed E-state index contributed by atoms with van der Waals surface area (Å²) in [5.74, 6) is 1.28. The van der Waals surface area contributed by atoms with Crippen LogP contribution < -0.4 is 15.8 Å². The molecule has 22 heavy (non-hydrogen) atoms. The summed E-state index contributed by atoms with van der Waals surface area (Å²) in [6, 6.07) is 8.15. The van der Waals surface area contributed by atoms with Crippen molar-refractivity contribution >= 4 is 29.9 Å². The van der Waals surface area contributed by atoms with E-state index in [4.69, 9.17) is 10.5 Å². The average molecular weight is 418 g/mol. The lowest BCUT2D eigenvalue weighted by Crippen LogP contribution is -2.34. The topological polar surface area (TPSA) is 62.9 Å². The molecule has 0 aromatic heterocycles. The van der Waals surface area contributed by atoms with Crippen LogP contribution in [0.2, 0.25) is 0 Å². The minimum absolute atomic E-state index is 0. The Morgan fingerprint density at radius 2 is 2.14 bits per heavy atom. The van der Waals surface area contributed by atoms with Crippen LogP contribution in [0.4, 0.5) is 0 Å². The van der Waals surface area contributed by atoms with Gasteiger partial charge in [0, 0.05) is 6.54 Å². The fraction of sp³-hybridized carbons (Fsp3) is 0.438. The first kappa shape index (κ1) is 20.7. The summed E-state index contributed by atoms with van der Waals surface area (Å²) in [6.45, 7) is 6.98. The second kappa shape index (κ2) is 10.4. The fourth-order valence-corrected chi connectivity index (χ4v) is 1.90. The molecule has 0 saturated carbocycles. The number of nitrogens with one attached hydrogen (secondary N) is 1. The van der Waals surface area contributed by atoms with Crippen LogP contribution in [0.3, 0.4) is 0 Å². The molecule has 0 saturated heterocycles. The number of nitrogens with two attached hydrogens (primary N) is 1. The average Bonchev–Trinajstić information content (AvgIpc) is 2.45. The van der Waals surface area contributed by atoms with Crippen molar-refractivity contribution in [3.8, 4) is 5.75 Å². The summed E-state index contributed by atoms with van der Waals surface area (Å²) in [5.41, 5.74) is 8.03. The number of guanidine groups is 1. The molecule has 0 spiro atoms. The highest BCUT2D eigenvalue weighted by molar-refractivity contribution is 14.0. The number of methoxy groups -OCH3 is 1. The third-order valence-electron chi connectivity index (χ3n) is 3.11. The van der Waals surface area contributed by atoms with Crippen LogP contribution in [-0.2, 0) is 0 Å². The highest BCUT2D eigenvalue weighted by atomic mass is 127. The van der Waals surface area contributed by atoms with Gasteiger partial charge >= 0.3 is 0 Å². The van der Waals surface area contributed by atoms with Crippen molar-refractivity contribution in [2.75, 3.05) is 34.3 Å². The van der Waals surface area contributed by atoms with Crippen LogP contribution in [0, 0.1) is 0 Å². The summed E-state index contributed by atoms with van der Waals surface area (Å²) in [4.78, 5) is 6.52. The SMILES string of the molecule is C=C(C)CNC(N)=NCC(c1cccc(OC)c1)N(C)C.I. The quantitative estimate of drug-likeness (QED) is 0.309. The zero-order valence-corrected chi connectivity index (χ0v) is 16.1. The molecule has 0 aliphatic rings. The summed E-state index contributed by atoms with van der Waals surface area (Å²) in [5, 5.41) is 3.04. The molecule has 3 N–H and O–H groups in total. The Bertz CT molecular complexity index is 503. The number of aliphatic imine (C=N–C) groups is 1. The van der Waals surface area contributed by atoms with Crippen LogP contribution in [0.15, 0.2) is 41.4 Å². The normalized spacial score (nSPS) is 12.5. The highest BCUT2D eigenvalue weighted by Gasteiger charge is 2.14. The molecule has 1 unspecified atom stereocenters. The van der Waals surface area contributed by atoms with Crippen molar-refractivity contribution < 1.29 is 4.74 Å². The van der Waals surface area contributed by atoms with Gasteiger partial charge in [0.1, 0.15) is 5.75 Å². The molecule has 0 radical (unpaired) electrons. The number of nitrogens with zero attached hydrogens (tertiary/aromatic N) is 2. The molecule has 1 rings (SSSR count). The van der Waals surface area contributed by atoms with Gasteiger partial charge in [-0.2, -0.15) is 0 Å². The summed E-state index contributed by atoms with van der Waals surface area (Å²) >= 11 is 0. The van der Waals surface area contributed by atoms with Gasteiger partial charge in [0.2, 0.25) is 0 Å². The molecule has 0 aliphatic heterocycles. The Labute approximate surface area is 150 Å². The lowest BCUT2D eigenvalue weighted by Gasteiger charge is -2.23. The number of benzene rings is 1. The second-order valence-electron chi connectivity index (χ2n) is 5.29. The molecule has 1 aromatic rings. The van der Waals surface area contributed by atoms with Crippen LogP contribution in [0.1, 0.15) is 18.5 Å². The molecule has 124 valence electrons. The van der Waals surface area contributed by atoms with Crippen LogP contribution in [0.25, 0.3) is 0 Å². The molecular weight excluding hydrogens is 391 g/mol. The number of hydrogen-bond acceptors (Lipinski definition) is 3. The van der Waals surface area contributed by atoms with Crippen LogP contribution in [0.5, 0.6) is 5.75 Å². The second-order valence-corrected chi connectivity index (χ2v) is 5.29. The molecule has 5 nitrogen and oxygen atoms in total. The first-order chi connectivity index (χ1) is 9.93. The number of hydrogen-bond donors (Lipinski definition) is 2. The van der Waals surface area contributed by atoms with E-state index in [-0.39, 0.29) is 30.0 Å². The van der Waals surface area contributed by atoms with Crippen molar-refractivity contribution in [1.82, 2.24) is 10.2 Å². The monoisotopic (exact) mass is 418 g/mol. The van der Waals surface area contributed by atoms with Crippen LogP contribution in [-0.4, -0.2) is 45.2 Å². The van der Waals surface area contributed by atoms with E-state index in [1.807, 2.05) is 39.2 Å². The maximum absolute atomic E-state index is 5.86. The molecule has 0 fully saturated rings. The Morgan fingerprint density at radius 3 is 2.68 bits per heavy atom. The van der Waals surface area contributed by atoms with E-state index in [2.05, 4.69) is 27.9 Å². The van der Waals surface area contributed by atoms with Gasteiger partial charge < -0.3 is 20.7 Å². The van der Waals surface area contributed by atoms with E-state index in [0.717, 1.165) is 16.9 Å². The Morgan fingerprint density at radius 1 is 1.45 bits per heavy atom. The van der Waals surface area contributed by atoms with E-state index in [0.29, 0.717) is 19.0 Å². The van der Waals surface area contributed by atoms with E-state index >= 15 is 0 Å². The minimum atomic E-state index is 0. The van der Waals surface area contributed by atoms with E-state index < -0.39 is 0 Å². The Balaban J connectivity index is 0.00000441. The third kappa shape index (κ3) is 7.13. The predicted octanol–water partition coefficient (Wildman–Crippen LogP) is 2.40. The summed E-state index contributed by atoms with van der Waals surface area (Å²) < 4.78 is 5.27. The number of rotatable bonds is 7. The summed E-state index contributed by atoms with van der Waals surface area (Å²) in [6.07, 6.45) is 0. The van der Waals surface area contributed by atoms with Gasteiger partial charge in [0.15, 0.2) is 5.96 Å². The molecule has 6 heteroatoms. The van der Waals surface area contributed by atoms with Crippen molar-refractivity contribution in [2.45, 2.75) is 13.0 Å². The van der Waals surface area contributed by atoms with Gasteiger partial charge in [-0.15, -0.1) is 24.0 Å². The molecular formula is C16H27IN4O. The lowest BCUT2D eigenvalue weighted by atomic mass is 10.1. The van der Waals surface area contributed by atoms with Gasteiger partial charge in [-0.1, -0.05) is 24.3 Å². The third-order valence-corrected chi connectivity index (χ3v) is 3.11. The fourth-order valence-electron chi connectivity index (χ4n) is 1.90. The first-order valence-electron chi connectivity index (χ1n) is 6.92. The molecule has 0 heterocycles. The Hall–Kier alpha value is -1.28. The highest BCUT2D eigenvalue weighted by Crippen LogP contribution is 2.22. The first-order valence-corrected chi connectivity index (χ1v) is 6.92. The smallest absolute Gasteiger partial charge is 0.188 e. The van der Waals surface area contributed by atoms with Gasteiger partial charge in [0.25, 0.3) is 0 Å². The number of likely N-dealkylation sites (N-methyl/N-ethyl adjacent to an activating group) is 1. The largest absolute Gasteiger partial charge is 0.497 e. The van der Waals surface area contributed by atoms with Crippen LogP contribution >= 0.6 is 24.0 Å². The molecule has 1 atom stereocenters. The minimum Gasteiger partial charge on any atom is -0.497 e. The van der Waals surface area contributed by atoms with Crippen molar-refractivity contribution in [3.05, 3.63) is 42.0 Å². The zero-order valence-electron chi connectivity index (χ0n) is 13.8. The number of ether oxygens (including phenoxy) is 1. The maximum atomic E-state index is 5.86.